The van der Waals surface area contributed by atoms with Crippen LogP contribution in [-0.2, 0) is 6.18 Å². The molecule has 0 bridgehead atoms. The molecular formula is C38H39F6N9O2S. The zero-order valence-electron chi connectivity index (χ0n) is 30.8. The molecule has 3 fully saturated rings. The molecule has 296 valence electrons. The lowest BCUT2D eigenvalue weighted by Crippen LogP contribution is -2.27. The van der Waals surface area contributed by atoms with Crippen LogP contribution in [0.15, 0.2) is 36.9 Å². The standard InChI is InChI=1S/C22H16F5N5OS.C9H11N3O.C7H12FN/c1-4-32(2)20-10-7-12(22(25,26)27)15(16(24)17(10)30-21(31-20)33-3)9-5-6-13(23)18-14(9)11(8-28)19(29)34-18;13-9(12-3-1-2-4-12)8-5-10-7-11-6-8;8-6-4-7-2-1-3-9(7)5-6/h5-7H,4,29H2,1-3H3;5-7H,1-4H2;6-7H,1-5H2. The van der Waals surface area contributed by atoms with Crippen molar-refractivity contribution < 1.29 is 35.9 Å². The number of likely N-dealkylation sites (tertiary alicyclic amines) is 1. The Labute approximate surface area is 322 Å². The highest BCUT2D eigenvalue weighted by Gasteiger charge is 2.39. The highest BCUT2D eigenvalue weighted by Crippen LogP contribution is 2.48. The highest BCUT2D eigenvalue weighted by molar-refractivity contribution is 7.23. The lowest BCUT2D eigenvalue weighted by Gasteiger charge is -2.21. The third-order valence-corrected chi connectivity index (χ3v) is 11.1. The molecule has 0 aliphatic carbocycles. The molecule has 3 aliphatic heterocycles. The summed E-state index contributed by atoms with van der Waals surface area (Å²) < 4.78 is 90.8. The Morgan fingerprint density at radius 1 is 1.12 bits per heavy atom. The summed E-state index contributed by atoms with van der Waals surface area (Å²) in [6, 6.07) is 4.82. The average molecular weight is 800 g/mol. The van der Waals surface area contributed by atoms with E-state index in [4.69, 9.17) is 10.5 Å². The van der Waals surface area contributed by atoms with Crippen LogP contribution >= 0.6 is 11.3 Å². The summed E-state index contributed by atoms with van der Waals surface area (Å²) in [5.41, 5.74) is 3.24. The summed E-state index contributed by atoms with van der Waals surface area (Å²) in [6.45, 7) is 5.70. The Hall–Kier alpha value is -5.28. The van der Waals surface area contributed by atoms with Crippen LogP contribution in [0.1, 0.15) is 60.5 Å². The molecule has 6 heterocycles. The minimum atomic E-state index is -5.00. The van der Waals surface area contributed by atoms with E-state index in [-0.39, 0.29) is 49.3 Å². The smallest absolute Gasteiger partial charge is 0.417 e. The van der Waals surface area contributed by atoms with Crippen LogP contribution in [0.25, 0.3) is 32.1 Å². The number of alkyl halides is 4. The van der Waals surface area contributed by atoms with Gasteiger partial charge in [0, 0.05) is 68.0 Å². The number of nitriles is 1. The highest BCUT2D eigenvalue weighted by atomic mass is 32.1. The maximum atomic E-state index is 16.0. The lowest BCUT2D eigenvalue weighted by molar-refractivity contribution is -0.137. The Bertz CT molecular complexity index is 2250. The topological polar surface area (TPSA) is 137 Å². The first-order valence-corrected chi connectivity index (χ1v) is 18.8. The van der Waals surface area contributed by atoms with Crippen molar-refractivity contribution in [3.63, 3.8) is 0 Å². The first-order valence-electron chi connectivity index (χ1n) is 18.0. The van der Waals surface area contributed by atoms with Crippen LogP contribution in [0.2, 0.25) is 0 Å². The van der Waals surface area contributed by atoms with Crippen LogP contribution in [0.3, 0.4) is 0 Å². The number of halogens is 6. The summed E-state index contributed by atoms with van der Waals surface area (Å²) in [5, 5.41) is 9.07. The number of carbonyl (C=O) groups excluding carboxylic acids is 1. The Morgan fingerprint density at radius 3 is 2.46 bits per heavy atom. The Balaban J connectivity index is 0.000000193. The predicted octanol–water partition coefficient (Wildman–Crippen LogP) is 7.63. The van der Waals surface area contributed by atoms with E-state index in [1.165, 1.54) is 31.2 Å². The third-order valence-electron chi connectivity index (χ3n) is 10.1. The van der Waals surface area contributed by atoms with Gasteiger partial charge in [-0.3, -0.25) is 9.69 Å². The van der Waals surface area contributed by atoms with Gasteiger partial charge >= 0.3 is 12.2 Å². The first-order chi connectivity index (χ1) is 26.8. The number of nitrogens with two attached hydrogens (primary N) is 1. The number of nitrogens with zero attached hydrogens (tertiary/aromatic N) is 8. The molecule has 0 radical (unpaired) electrons. The number of thiophene rings is 1. The van der Waals surface area contributed by atoms with Gasteiger partial charge in [-0.2, -0.15) is 28.4 Å². The molecule has 1 amide bonds. The van der Waals surface area contributed by atoms with Gasteiger partial charge < -0.3 is 20.3 Å². The van der Waals surface area contributed by atoms with Gasteiger partial charge in [0.2, 0.25) is 0 Å². The van der Waals surface area contributed by atoms with Gasteiger partial charge in [-0.15, -0.1) is 11.3 Å². The molecule has 56 heavy (non-hydrogen) atoms. The predicted molar refractivity (Wildman–Crippen MR) is 201 cm³/mol. The number of ether oxygens (including phenoxy) is 1. The molecule has 3 aromatic heterocycles. The number of methoxy groups -OCH3 is 1. The Morgan fingerprint density at radius 2 is 1.84 bits per heavy atom. The molecule has 11 nitrogen and oxygen atoms in total. The van der Waals surface area contributed by atoms with Crippen LogP contribution in [0.4, 0.5) is 37.2 Å². The molecular weight excluding hydrogens is 761 g/mol. The minimum Gasteiger partial charge on any atom is -0.467 e. The molecule has 2 atom stereocenters. The van der Waals surface area contributed by atoms with E-state index in [9.17, 15) is 32.0 Å². The second-order valence-corrected chi connectivity index (χ2v) is 14.6. The van der Waals surface area contributed by atoms with Crippen molar-refractivity contribution in [3.05, 3.63) is 65.2 Å². The van der Waals surface area contributed by atoms with E-state index in [0.29, 0.717) is 36.0 Å². The van der Waals surface area contributed by atoms with E-state index in [2.05, 4.69) is 24.8 Å². The summed E-state index contributed by atoms with van der Waals surface area (Å²) in [4.78, 5) is 33.0. The molecule has 18 heteroatoms. The maximum Gasteiger partial charge on any atom is 0.417 e. The lowest BCUT2D eigenvalue weighted by atomic mass is 9.92. The van der Waals surface area contributed by atoms with E-state index >= 15 is 4.39 Å². The van der Waals surface area contributed by atoms with Crippen LogP contribution in [0, 0.1) is 23.0 Å². The average Bonchev–Trinajstić information content (AvgIpc) is 4.00. The maximum absolute atomic E-state index is 16.0. The van der Waals surface area contributed by atoms with Crippen molar-refractivity contribution >= 4 is 49.1 Å². The number of hydrogen-bond donors (Lipinski definition) is 1. The molecule has 2 N–H and O–H groups in total. The zero-order valence-corrected chi connectivity index (χ0v) is 31.7. The quantitative estimate of drug-likeness (QED) is 0.177. The van der Waals surface area contributed by atoms with Crippen molar-refractivity contribution in [2.24, 2.45) is 0 Å². The van der Waals surface area contributed by atoms with Crippen LogP contribution in [-0.4, -0.2) is 94.7 Å². The van der Waals surface area contributed by atoms with Crippen LogP contribution in [0.5, 0.6) is 6.01 Å². The van der Waals surface area contributed by atoms with E-state index < -0.39 is 40.6 Å². The molecule has 2 aromatic carbocycles. The van der Waals surface area contributed by atoms with Gasteiger partial charge in [0.25, 0.3) is 5.91 Å². The fourth-order valence-electron chi connectivity index (χ4n) is 7.26. The number of anilines is 2. The van der Waals surface area contributed by atoms with E-state index in [0.717, 1.165) is 57.1 Å². The van der Waals surface area contributed by atoms with Gasteiger partial charge in [-0.25, -0.2) is 23.1 Å². The molecule has 3 aliphatic rings. The number of fused-ring (bicyclic) bond motifs is 3. The molecule has 3 saturated heterocycles. The fourth-order valence-corrected chi connectivity index (χ4v) is 8.21. The third kappa shape index (κ3) is 8.14. The molecule has 2 unspecified atom stereocenters. The fraction of sp³-hybridized carbons (Fsp3) is 0.421. The second-order valence-electron chi connectivity index (χ2n) is 13.6. The molecule has 0 saturated carbocycles. The van der Waals surface area contributed by atoms with Crippen molar-refractivity contribution in [3.8, 4) is 23.2 Å². The normalized spacial score (nSPS) is 17.9. The number of carbonyl (C=O) groups is 1. The number of hydrogen-bond acceptors (Lipinski definition) is 11. The SMILES string of the molecule is CCN(C)c1nc(OC)nc2c(F)c(-c3ccc(F)c4sc(N)c(C#N)c34)c(C(F)(F)F)cc12.FC1CC2CCCN2C1.O=C(c1cncnc1)N1CCCC1. The van der Waals surface area contributed by atoms with E-state index in [1.807, 2.05) is 4.90 Å². The molecule has 5 aromatic rings. The van der Waals surface area contributed by atoms with E-state index in [1.54, 1.807) is 32.4 Å². The van der Waals surface area contributed by atoms with Crippen molar-refractivity contribution in [1.82, 2.24) is 29.7 Å². The number of nitrogen functional groups attached to an aromatic ring is 1. The largest absolute Gasteiger partial charge is 0.467 e. The molecule has 0 spiro atoms. The van der Waals surface area contributed by atoms with Gasteiger partial charge in [-0.05, 0) is 63.3 Å². The van der Waals surface area contributed by atoms with Gasteiger partial charge in [-0.1, -0.05) is 6.07 Å². The van der Waals surface area contributed by atoms with Crippen molar-refractivity contribution in [1.29, 1.82) is 5.26 Å². The minimum absolute atomic E-state index is 0.0436. The number of aromatic nitrogens is 4. The van der Waals surface area contributed by atoms with Gasteiger partial charge in [0.05, 0.1) is 28.5 Å². The Kier molecular flexibility index (Phi) is 12.1. The first kappa shape index (κ1) is 40.4. The molecule has 8 rings (SSSR count). The number of amides is 1. The summed E-state index contributed by atoms with van der Waals surface area (Å²) in [5.74, 6) is -2.00. The zero-order chi connectivity index (χ0) is 40.3. The van der Waals surface area contributed by atoms with Crippen LogP contribution < -0.4 is 15.4 Å². The summed E-state index contributed by atoms with van der Waals surface area (Å²) in [6.07, 6.45) is 4.59. The number of benzene rings is 2. The van der Waals surface area contributed by atoms with Crippen molar-refractivity contribution in [2.45, 2.75) is 57.4 Å². The number of rotatable bonds is 5. The van der Waals surface area contributed by atoms with Gasteiger partial charge in [0.1, 0.15) is 40.7 Å². The monoisotopic (exact) mass is 799 g/mol. The second kappa shape index (κ2) is 16.8. The van der Waals surface area contributed by atoms with Gasteiger partial charge in [0.15, 0.2) is 5.82 Å². The van der Waals surface area contributed by atoms with Crippen molar-refractivity contribution in [2.75, 3.05) is 57.5 Å². The summed E-state index contributed by atoms with van der Waals surface area (Å²) in [7, 11) is 2.83. The summed E-state index contributed by atoms with van der Waals surface area (Å²) >= 11 is 0.701.